The topological polar surface area (TPSA) is 56.9 Å². The van der Waals surface area contributed by atoms with Gasteiger partial charge >= 0.3 is 0 Å². The lowest BCUT2D eigenvalue weighted by Gasteiger charge is -2.47. The van der Waals surface area contributed by atoms with Crippen molar-refractivity contribution in [3.63, 3.8) is 0 Å². The normalized spacial score (nSPS) is 20.4. The first-order chi connectivity index (χ1) is 11.7. The van der Waals surface area contributed by atoms with E-state index in [-0.39, 0.29) is 5.91 Å². The van der Waals surface area contributed by atoms with Crippen LogP contribution in [-0.2, 0) is 12.8 Å². The van der Waals surface area contributed by atoms with Crippen LogP contribution in [0.15, 0.2) is 10.5 Å². The summed E-state index contributed by atoms with van der Waals surface area (Å²) in [6, 6.07) is 2.42. The number of furan rings is 1. The number of likely N-dealkylation sites (tertiary alicyclic amines) is 2. The highest BCUT2D eigenvalue weighted by atomic mass is 16.4. The second-order valence-electron chi connectivity index (χ2n) is 7.12. The molecule has 3 rings (SSSR count). The van der Waals surface area contributed by atoms with E-state index in [1.54, 1.807) is 0 Å². The third-order valence-electron chi connectivity index (χ3n) is 5.66. The molecule has 24 heavy (non-hydrogen) atoms. The molecule has 1 N–H and O–H groups in total. The van der Waals surface area contributed by atoms with Gasteiger partial charge in [0.2, 0.25) is 0 Å². The maximum Gasteiger partial charge on any atom is 0.289 e. The zero-order chi connectivity index (χ0) is 17.1. The Hall–Kier alpha value is -1.33. The molecular formula is C19H30N2O3. The molecule has 0 aromatic carbocycles. The fourth-order valence-corrected chi connectivity index (χ4v) is 3.97. The molecule has 0 aliphatic carbocycles. The maximum absolute atomic E-state index is 12.6. The molecule has 3 heterocycles. The largest absolute Gasteiger partial charge is 0.456 e. The maximum atomic E-state index is 12.6. The summed E-state index contributed by atoms with van der Waals surface area (Å²) in [4.78, 5) is 17.0. The number of hydrogen-bond acceptors (Lipinski definition) is 4. The van der Waals surface area contributed by atoms with Crippen molar-refractivity contribution >= 4 is 5.91 Å². The predicted molar refractivity (Wildman–Crippen MR) is 93.2 cm³/mol. The van der Waals surface area contributed by atoms with E-state index in [0.717, 1.165) is 56.8 Å². The van der Waals surface area contributed by atoms with Crippen molar-refractivity contribution < 1.29 is 14.3 Å². The monoisotopic (exact) mass is 334 g/mol. The van der Waals surface area contributed by atoms with Crippen molar-refractivity contribution in [3.05, 3.63) is 23.2 Å². The van der Waals surface area contributed by atoms with E-state index in [0.29, 0.717) is 24.3 Å². The minimum atomic E-state index is 0.0378. The Morgan fingerprint density at radius 1 is 1.25 bits per heavy atom. The predicted octanol–water partition coefficient (Wildman–Crippen LogP) is 2.32. The molecule has 2 aliphatic heterocycles. The molecule has 2 aliphatic rings. The fraction of sp³-hybridized carbons (Fsp3) is 0.737. The second-order valence-corrected chi connectivity index (χ2v) is 7.12. The van der Waals surface area contributed by atoms with Gasteiger partial charge in [0.15, 0.2) is 5.76 Å². The van der Waals surface area contributed by atoms with Crippen LogP contribution in [0.4, 0.5) is 0 Å². The van der Waals surface area contributed by atoms with Crippen molar-refractivity contribution in [1.82, 2.24) is 9.80 Å². The van der Waals surface area contributed by atoms with Gasteiger partial charge in [-0.05, 0) is 56.3 Å². The Labute approximate surface area is 144 Å². The summed E-state index contributed by atoms with van der Waals surface area (Å²) in [5.74, 6) is 2.16. The highest BCUT2D eigenvalue weighted by Gasteiger charge is 2.37. The van der Waals surface area contributed by atoms with Crippen LogP contribution in [-0.4, -0.2) is 59.6 Å². The van der Waals surface area contributed by atoms with Gasteiger partial charge in [-0.1, -0.05) is 13.8 Å². The van der Waals surface area contributed by atoms with Gasteiger partial charge in [-0.2, -0.15) is 0 Å². The standard InChI is InChI=1S/C19H30N2O3/c1-3-15-11-18(24-17(15)4-2)19(23)21-12-16(13-21)20-8-5-14(6-9-20)7-10-22/h11,14,16,22H,3-10,12-13H2,1-2H3. The van der Waals surface area contributed by atoms with Gasteiger partial charge in [-0.15, -0.1) is 0 Å². The van der Waals surface area contributed by atoms with Crippen molar-refractivity contribution in [3.8, 4) is 0 Å². The van der Waals surface area contributed by atoms with Gasteiger partial charge in [0.25, 0.3) is 5.91 Å². The Morgan fingerprint density at radius 3 is 2.50 bits per heavy atom. The molecule has 1 amide bonds. The Kier molecular flexibility index (Phi) is 5.61. The number of carbonyl (C=O) groups excluding carboxylic acids is 1. The van der Waals surface area contributed by atoms with E-state index in [2.05, 4.69) is 18.7 Å². The minimum Gasteiger partial charge on any atom is -0.456 e. The molecule has 2 fully saturated rings. The van der Waals surface area contributed by atoms with Crippen LogP contribution in [0.2, 0.25) is 0 Å². The number of nitrogens with zero attached hydrogens (tertiary/aromatic N) is 2. The molecule has 0 atom stereocenters. The van der Waals surface area contributed by atoms with Gasteiger partial charge < -0.3 is 14.4 Å². The van der Waals surface area contributed by atoms with Gasteiger partial charge in [-0.3, -0.25) is 9.69 Å². The van der Waals surface area contributed by atoms with Crippen LogP contribution in [0.1, 0.15) is 55.0 Å². The number of rotatable bonds is 6. The molecular weight excluding hydrogens is 304 g/mol. The molecule has 0 spiro atoms. The molecule has 0 bridgehead atoms. The van der Waals surface area contributed by atoms with E-state index in [1.165, 1.54) is 12.8 Å². The van der Waals surface area contributed by atoms with E-state index in [1.807, 2.05) is 11.0 Å². The first-order valence-electron chi connectivity index (χ1n) is 9.42. The highest BCUT2D eigenvalue weighted by molar-refractivity contribution is 5.92. The van der Waals surface area contributed by atoms with Gasteiger partial charge in [0, 0.05) is 32.2 Å². The summed E-state index contributed by atoms with van der Waals surface area (Å²) in [6.07, 6.45) is 5.01. The molecule has 134 valence electrons. The Bertz CT molecular complexity index is 533. The van der Waals surface area contributed by atoms with Crippen LogP contribution in [0.3, 0.4) is 0 Å². The van der Waals surface area contributed by atoms with E-state index < -0.39 is 0 Å². The molecule has 1 aromatic heterocycles. The average molecular weight is 334 g/mol. The lowest BCUT2D eigenvalue weighted by atomic mass is 9.92. The number of carbonyl (C=O) groups is 1. The molecule has 5 heteroatoms. The smallest absolute Gasteiger partial charge is 0.289 e. The van der Waals surface area contributed by atoms with Gasteiger partial charge in [0.05, 0.1) is 0 Å². The fourth-order valence-electron chi connectivity index (χ4n) is 3.97. The first-order valence-corrected chi connectivity index (χ1v) is 9.42. The van der Waals surface area contributed by atoms with Crippen molar-refractivity contribution in [1.29, 1.82) is 0 Å². The van der Waals surface area contributed by atoms with Gasteiger partial charge in [-0.25, -0.2) is 0 Å². The summed E-state index contributed by atoms with van der Waals surface area (Å²) in [6.45, 7) is 8.28. The molecule has 2 saturated heterocycles. The molecule has 0 radical (unpaired) electrons. The summed E-state index contributed by atoms with van der Waals surface area (Å²) in [7, 11) is 0. The zero-order valence-electron chi connectivity index (χ0n) is 15.0. The van der Waals surface area contributed by atoms with E-state index >= 15 is 0 Å². The number of hydrogen-bond donors (Lipinski definition) is 1. The van der Waals surface area contributed by atoms with E-state index in [9.17, 15) is 4.79 Å². The third-order valence-corrected chi connectivity index (χ3v) is 5.66. The van der Waals surface area contributed by atoms with Crippen LogP contribution in [0, 0.1) is 5.92 Å². The van der Waals surface area contributed by atoms with Crippen molar-refractivity contribution in [2.75, 3.05) is 32.8 Å². The van der Waals surface area contributed by atoms with Crippen molar-refractivity contribution in [2.45, 2.75) is 52.0 Å². The lowest BCUT2D eigenvalue weighted by molar-refractivity contribution is 0.0110. The molecule has 0 saturated carbocycles. The quantitative estimate of drug-likeness (QED) is 0.867. The van der Waals surface area contributed by atoms with E-state index in [4.69, 9.17) is 9.52 Å². The van der Waals surface area contributed by atoms with Crippen LogP contribution < -0.4 is 0 Å². The summed E-state index contributed by atoms with van der Waals surface area (Å²) in [5.41, 5.74) is 1.16. The first kappa shape index (κ1) is 17.5. The number of aliphatic hydroxyl groups is 1. The summed E-state index contributed by atoms with van der Waals surface area (Å²) >= 11 is 0. The summed E-state index contributed by atoms with van der Waals surface area (Å²) < 4.78 is 5.77. The average Bonchev–Trinajstić information content (AvgIpc) is 2.98. The number of piperidine rings is 1. The SMILES string of the molecule is CCc1cc(C(=O)N2CC(N3CCC(CCO)CC3)C2)oc1CC. The Balaban J connectivity index is 1.50. The zero-order valence-corrected chi connectivity index (χ0v) is 15.0. The summed E-state index contributed by atoms with van der Waals surface area (Å²) in [5, 5.41) is 9.05. The van der Waals surface area contributed by atoms with Crippen LogP contribution >= 0.6 is 0 Å². The van der Waals surface area contributed by atoms with Crippen LogP contribution in [0.5, 0.6) is 0 Å². The van der Waals surface area contributed by atoms with Crippen LogP contribution in [0.25, 0.3) is 0 Å². The molecule has 1 aromatic rings. The second kappa shape index (κ2) is 7.70. The number of aliphatic hydroxyl groups excluding tert-OH is 1. The minimum absolute atomic E-state index is 0.0378. The Morgan fingerprint density at radius 2 is 1.96 bits per heavy atom. The molecule has 5 nitrogen and oxygen atoms in total. The highest BCUT2D eigenvalue weighted by Crippen LogP contribution is 2.26. The lowest BCUT2D eigenvalue weighted by Crippen LogP contribution is -2.62. The van der Waals surface area contributed by atoms with Gasteiger partial charge in [0.1, 0.15) is 5.76 Å². The number of aryl methyl sites for hydroxylation is 2. The van der Waals surface area contributed by atoms with Crippen molar-refractivity contribution in [2.24, 2.45) is 5.92 Å². The number of amides is 1. The molecule has 0 unspecified atom stereocenters. The third kappa shape index (κ3) is 3.52.